The van der Waals surface area contributed by atoms with Crippen LogP contribution in [0.25, 0.3) is 11.0 Å². The summed E-state index contributed by atoms with van der Waals surface area (Å²) in [6, 6.07) is 5.54. The van der Waals surface area contributed by atoms with E-state index >= 15 is 0 Å². The molecule has 2 N–H and O–H groups in total. The lowest BCUT2D eigenvalue weighted by Gasteiger charge is -2.47. The van der Waals surface area contributed by atoms with E-state index < -0.39 is 0 Å². The lowest BCUT2D eigenvalue weighted by atomic mass is 9.65. The molecule has 1 aromatic carbocycles. The molecule has 3 saturated carbocycles. The largest absolute Gasteiger partial charge is 0.461 e. The number of furan rings is 1. The van der Waals surface area contributed by atoms with E-state index in [1.165, 1.54) is 25.7 Å². The first-order valence-electron chi connectivity index (χ1n) is 8.04. The second kappa shape index (κ2) is 4.32. The topological polar surface area (TPSA) is 49.6 Å². The molecule has 2 heterocycles. The molecule has 3 aliphatic carbocycles. The SMILES string of the molecule is Fc1coc2ccc(C3=N[C@@]4(CC5CCC4CC5)NN3)cc12. The highest BCUT2D eigenvalue weighted by Gasteiger charge is 2.49. The highest BCUT2D eigenvalue weighted by molar-refractivity contribution is 6.02. The molecular formula is C17H18FN3O. The van der Waals surface area contributed by atoms with Gasteiger partial charge in [-0.1, -0.05) is 0 Å². The Bertz CT molecular complexity index is 775. The molecule has 2 bridgehead atoms. The zero-order valence-electron chi connectivity index (χ0n) is 12.2. The second-order valence-electron chi connectivity index (χ2n) is 6.85. The van der Waals surface area contributed by atoms with Gasteiger partial charge in [-0.05, 0) is 62.1 Å². The maximum atomic E-state index is 13.7. The summed E-state index contributed by atoms with van der Waals surface area (Å²) in [4.78, 5) is 4.99. The Morgan fingerprint density at radius 1 is 1.23 bits per heavy atom. The first-order valence-corrected chi connectivity index (χ1v) is 8.04. The van der Waals surface area contributed by atoms with Gasteiger partial charge in [0.15, 0.2) is 5.82 Å². The van der Waals surface area contributed by atoms with Crippen LogP contribution in [0.2, 0.25) is 0 Å². The molecule has 6 rings (SSSR count). The van der Waals surface area contributed by atoms with Gasteiger partial charge in [-0.3, -0.25) is 0 Å². The van der Waals surface area contributed by atoms with Crippen LogP contribution in [0.1, 0.15) is 37.7 Å². The van der Waals surface area contributed by atoms with Crippen LogP contribution in [0.3, 0.4) is 0 Å². The van der Waals surface area contributed by atoms with Gasteiger partial charge in [0.2, 0.25) is 0 Å². The van der Waals surface area contributed by atoms with Gasteiger partial charge in [0, 0.05) is 5.56 Å². The number of benzene rings is 1. The van der Waals surface area contributed by atoms with Gasteiger partial charge in [-0.2, -0.15) is 0 Å². The van der Waals surface area contributed by atoms with E-state index in [9.17, 15) is 4.39 Å². The number of nitrogens with one attached hydrogen (secondary N) is 2. The number of hydrogen-bond donors (Lipinski definition) is 2. The Balaban J connectivity index is 1.54. The lowest BCUT2D eigenvalue weighted by molar-refractivity contribution is 0.0506. The zero-order valence-corrected chi connectivity index (χ0v) is 12.2. The third kappa shape index (κ3) is 1.69. The molecule has 0 saturated heterocycles. The molecule has 1 aliphatic heterocycles. The molecule has 4 aliphatic rings. The van der Waals surface area contributed by atoms with Crippen LogP contribution in [-0.2, 0) is 0 Å². The first kappa shape index (κ1) is 12.6. The van der Waals surface area contributed by atoms with E-state index in [4.69, 9.17) is 9.41 Å². The Morgan fingerprint density at radius 3 is 2.86 bits per heavy atom. The normalized spacial score (nSPS) is 33.4. The number of halogens is 1. The molecule has 3 fully saturated rings. The molecule has 5 heteroatoms. The fourth-order valence-corrected chi connectivity index (χ4v) is 4.45. The highest BCUT2D eigenvalue weighted by Crippen LogP contribution is 2.48. The second-order valence-corrected chi connectivity index (χ2v) is 6.85. The van der Waals surface area contributed by atoms with Crippen LogP contribution in [-0.4, -0.2) is 11.5 Å². The van der Waals surface area contributed by atoms with Crippen LogP contribution < -0.4 is 10.9 Å². The lowest BCUT2D eigenvalue weighted by Crippen LogP contribution is -2.56. The molecule has 0 unspecified atom stereocenters. The number of rotatable bonds is 1. The van der Waals surface area contributed by atoms with Gasteiger partial charge in [-0.25, -0.2) is 14.8 Å². The maximum absolute atomic E-state index is 13.7. The van der Waals surface area contributed by atoms with Gasteiger partial charge in [-0.15, -0.1) is 0 Å². The number of nitrogens with zero attached hydrogens (tertiary/aromatic N) is 1. The summed E-state index contributed by atoms with van der Waals surface area (Å²) >= 11 is 0. The van der Waals surface area contributed by atoms with Crippen molar-refractivity contribution in [3.05, 3.63) is 35.8 Å². The van der Waals surface area contributed by atoms with Gasteiger partial charge in [0.1, 0.15) is 23.3 Å². The van der Waals surface area contributed by atoms with Gasteiger partial charge >= 0.3 is 0 Å². The number of aliphatic imine (C=N–C) groups is 1. The van der Waals surface area contributed by atoms with E-state index in [0.717, 1.165) is 30.0 Å². The van der Waals surface area contributed by atoms with E-state index in [1.807, 2.05) is 12.1 Å². The van der Waals surface area contributed by atoms with Crippen molar-refractivity contribution in [2.75, 3.05) is 0 Å². The highest BCUT2D eigenvalue weighted by atomic mass is 19.1. The molecule has 22 heavy (non-hydrogen) atoms. The van der Waals surface area contributed by atoms with Crippen molar-refractivity contribution in [3.63, 3.8) is 0 Å². The molecule has 0 radical (unpaired) electrons. The molecule has 0 amide bonds. The summed E-state index contributed by atoms with van der Waals surface area (Å²) in [6.07, 6.45) is 7.45. The van der Waals surface area contributed by atoms with Crippen molar-refractivity contribution in [2.24, 2.45) is 16.8 Å². The molecule has 1 aromatic heterocycles. The third-order valence-corrected chi connectivity index (χ3v) is 5.63. The Kier molecular flexibility index (Phi) is 2.48. The summed E-state index contributed by atoms with van der Waals surface area (Å²) in [5.41, 5.74) is 8.00. The molecule has 4 nitrogen and oxygen atoms in total. The van der Waals surface area contributed by atoms with Crippen molar-refractivity contribution in [1.82, 2.24) is 10.9 Å². The van der Waals surface area contributed by atoms with Crippen molar-refractivity contribution in [3.8, 4) is 0 Å². The average molecular weight is 299 g/mol. The standard InChI is InChI=1S/C17H18FN3O/c18-14-9-22-15-6-3-11(7-13(14)15)16-19-17(21-20-16)8-10-1-4-12(17)5-2-10/h3,6-7,9-10,12,21H,1-2,4-5,8H2,(H,19,20)/t10?,12?,17-/m0/s1. The zero-order chi connectivity index (χ0) is 14.7. The minimum atomic E-state index is -0.324. The fourth-order valence-electron chi connectivity index (χ4n) is 4.45. The minimum absolute atomic E-state index is 0.152. The molecule has 114 valence electrons. The van der Waals surface area contributed by atoms with Gasteiger partial charge in [0.05, 0.1) is 5.39 Å². The number of hydrogen-bond acceptors (Lipinski definition) is 4. The average Bonchev–Trinajstić information content (AvgIpc) is 3.13. The van der Waals surface area contributed by atoms with Crippen molar-refractivity contribution < 1.29 is 8.81 Å². The Morgan fingerprint density at radius 2 is 2.09 bits per heavy atom. The predicted octanol–water partition coefficient (Wildman–Crippen LogP) is 3.33. The summed E-state index contributed by atoms with van der Waals surface area (Å²) in [5.74, 6) is 1.89. The summed E-state index contributed by atoms with van der Waals surface area (Å²) in [5, 5.41) is 0.508. The number of amidine groups is 1. The van der Waals surface area contributed by atoms with E-state index in [0.29, 0.717) is 16.9 Å². The van der Waals surface area contributed by atoms with E-state index in [-0.39, 0.29) is 11.5 Å². The van der Waals surface area contributed by atoms with Gasteiger partial charge in [0.25, 0.3) is 0 Å². The maximum Gasteiger partial charge on any atom is 0.169 e. The van der Waals surface area contributed by atoms with Crippen LogP contribution >= 0.6 is 0 Å². The van der Waals surface area contributed by atoms with Crippen LogP contribution in [0, 0.1) is 17.7 Å². The predicted molar refractivity (Wildman–Crippen MR) is 81.8 cm³/mol. The number of hydrazine groups is 1. The molecule has 2 aromatic rings. The summed E-state index contributed by atoms with van der Waals surface area (Å²) in [6.45, 7) is 0. The molecular weight excluding hydrogens is 281 g/mol. The van der Waals surface area contributed by atoms with Crippen LogP contribution in [0.4, 0.5) is 4.39 Å². The van der Waals surface area contributed by atoms with Crippen LogP contribution in [0.5, 0.6) is 0 Å². The van der Waals surface area contributed by atoms with E-state index in [2.05, 4.69) is 10.9 Å². The monoisotopic (exact) mass is 299 g/mol. The Hall–Kier alpha value is -1.88. The molecule has 1 atom stereocenters. The first-order chi connectivity index (χ1) is 10.7. The van der Waals surface area contributed by atoms with Crippen molar-refractivity contribution >= 4 is 16.8 Å². The minimum Gasteiger partial charge on any atom is -0.461 e. The Labute approximate surface area is 127 Å². The smallest absolute Gasteiger partial charge is 0.169 e. The van der Waals surface area contributed by atoms with Crippen LogP contribution in [0.15, 0.2) is 33.9 Å². The summed E-state index contributed by atoms with van der Waals surface area (Å²) < 4.78 is 18.9. The number of fused-ring (bicyclic) bond motifs is 3. The van der Waals surface area contributed by atoms with Crippen molar-refractivity contribution in [1.29, 1.82) is 0 Å². The summed E-state index contributed by atoms with van der Waals surface area (Å²) in [7, 11) is 0. The molecule has 1 spiro atoms. The third-order valence-electron chi connectivity index (χ3n) is 5.63. The van der Waals surface area contributed by atoms with Crippen molar-refractivity contribution in [2.45, 2.75) is 37.8 Å². The quantitative estimate of drug-likeness (QED) is 0.849. The van der Waals surface area contributed by atoms with Gasteiger partial charge < -0.3 is 9.84 Å². The fraction of sp³-hybridized carbons (Fsp3) is 0.471. The van der Waals surface area contributed by atoms with E-state index in [1.54, 1.807) is 6.07 Å².